The lowest BCUT2D eigenvalue weighted by molar-refractivity contribution is -0.384. The van der Waals surface area contributed by atoms with Crippen molar-refractivity contribution in [2.45, 2.75) is 18.9 Å². The predicted molar refractivity (Wildman–Crippen MR) is 72.2 cm³/mol. The third-order valence-electron chi connectivity index (χ3n) is 3.22. The van der Waals surface area contributed by atoms with Crippen molar-refractivity contribution in [2.24, 2.45) is 0 Å². The number of nitro benzene ring substituents is 1. The minimum Gasteiger partial charge on any atom is -0.375 e. The number of piperidine rings is 1. The van der Waals surface area contributed by atoms with Crippen molar-refractivity contribution < 1.29 is 9.31 Å². The van der Waals surface area contributed by atoms with E-state index in [0.717, 1.165) is 32.0 Å². The number of likely N-dealkylation sites (tertiary alicyclic amines) is 1. The average Bonchev–Trinajstić information content (AvgIpc) is 2.33. The predicted octanol–water partition coefficient (Wildman–Crippen LogP) is 2.89. The highest BCUT2D eigenvalue weighted by molar-refractivity contribution is 6.31. The normalized spacial score (nSPS) is 20.3. The van der Waals surface area contributed by atoms with Crippen LogP contribution in [0.15, 0.2) is 12.1 Å². The fourth-order valence-corrected chi connectivity index (χ4v) is 2.47. The van der Waals surface area contributed by atoms with E-state index < -0.39 is 10.7 Å². The number of likely N-dealkylation sites (N-methyl/N-ethyl adjacent to an activating group) is 1. The molecule has 0 bridgehead atoms. The summed E-state index contributed by atoms with van der Waals surface area (Å²) in [5, 5.41) is 13.9. The Labute approximate surface area is 115 Å². The van der Waals surface area contributed by atoms with Gasteiger partial charge in [0, 0.05) is 12.6 Å². The van der Waals surface area contributed by atoms with Crippen LogP contribution in [0.3, 0.4) is 0 Å². The Balaban J connectivity index is 2.23. The molecule has 0 spiro atoms. The van der Waals surface area contributed by atoms with Crippen LogP contribution in [0.25, 0.3) is 0 Å². The SMILES string of the molecule is CN1CCCC(Nc2cc(Cl)c(F)cc2[N+](=O)[O-])C1. The third kappa shape index (κ3) is 3.33. The van der Waals surface area contributed by atoms with Gasteiger partial charge in [-0.3, -0.25) is 10.1 Å². The van der Waals surface area contributed by atoms with Gasteiger partial charge in [0.15, 0.2) is 0 Å². The van der Waals surface area contributed by atoms with Crippen molar-refractivity contribution in [1.29, 1.82) is 0 Å². The lowest BCUT2D eigenvalue weighted by Crippen LogP contribution is -2.39. The highest BCUT2D eigenvalue weighted by Gasteiger charge is 2.22. The van der Waals surface area contributed by atoms with E-state index >= 15 is 0 Å². The maximum absolute atomic E-state index is 13.3. The Morgan fingerprint density at radius 2 is 2.32 bits per heavy atom. The highest BCUT2D eigenvalue weighted by atomic mass is 35.5. The number of hydrogen-bond donors (Lipinski definition) is 1. The molecule has 5 nitrogen and oxygen atoms in total. The molecular formula is C12H15ClFN3O2. The fraction of sp³-hybridized carbons (Fsp3) is 0.500. The van der Waals surface area contributed by atoms with E-state index in [2.05, 4.69) is 10.2 Å². The van der Waals surface area contributed by atoms with E-state index in [1.54, 1.807) is 0 Å². The Morgan fingerprint density at radius 1 is 1.58 bits per heavy atom. The van der Waals surface area contributed by atoms with E-state index in [0.29, 0.717) is 0 Å². The molecule has 1 aliphatic heterocycles. The smallest absolute Gasteiger partial charge is 0.295 e. The third-order valence-corrected chi connectivity index (χ3v) is 3.51. The maximum atomic E-state index is 13.3. The number of benzene rings is 1. The zero-order valence-electron chi connectivity index (χ0n) is 10.5. The molecule has 1 atom stereocenters. The van der Waals surface area contributed by atoms with Gasteiger partial charge >= 0.3 is 0 Å². The molecule has 0 saturated carbocycles. The van der Waals surface area contributed by atoms with Gasteiger partial charge in [0.1, 0.15) is 11.5 Å². The molecule has 1 unspecified atom stereocenters. The number of rotatable bonds is 3. The highest BCUT2D eigenvalue weighted by Crippen LogP contribution is 2.31. The second kappa shape index (κ2) is 5.71. The summed E-state index contributed by atoms with van der Waals surface area (Å²) >= 11 is 5.69. The van der Waals surface area contributed by atoms with E-state index in [1.807, 2.05) is 7.05 Å². The molecule has 1 aromatic carbocycles. The maximum Gasteiger partial charge on any atom is 0.295 e. The number of anilines is 1. The summed E-state index contributed by atoms with van der Waals surface area (Å²) in [4.78, 5) is 12.5. The van der Waals surface area contributed by atoms with E-state index in [9.17, 15) is 14.5 Å². The van der Waals surface area contributed by atoms with Crippen LogP contribution in [0.5, 0.6) is 0 Å². The number of hydrogen-bond acceptors (Lipinski definition) is 4. The van der Waals surface area contributed by atoms with Gasteiger partial charge in [-0.05, 0) is 32.5 Å². The Bertz CT molecular complexity index is 498. The molecule has 1 N–H and O–H groups in total. The quantitative estimate of drug-likeness (QED) is 0.686. The Morgan fingerprint density at radius 3 is 2.95 bits per heavy atom. The van der Waals surface area contributed by atoms with Gasteiger partial charge in [0.2, 0.25) is 0 Å². The molecule has 0 aliphatic carbocycles. The molecule has 1 heterocycles. The molecule has 19 heavy (non-hydrogen) atoms. The lowest BCUT2D eigenvalue weighted by Gasteiger charge is -2.30. The standard InChI is InChI=1S/C12H15ClFN3O2/c1-16-4-2-3-8(7-16)15-11-5-9(13)10(14)6-12(11)17(18)19/h5-6,8,15H,2-4,7H2,1H3. The topological polar surface area (TPSA) is 58.4 Å². The van der Waals surface area contributed by atoms with Crippen LogP contribution in [-0.2, 0) is 0 Å². The summed E-state index contributed by atoms with van der Waals surface area (Å²) in [6.45, 7) is 1.82. The number of nitrogens with one attached hydrogen (secondary N) is 1. The summed E-state index contributed by atoms with van der Waals surface area (Å²) < 4.78 is 13.3. The number of halogens is 2. The summed E-state index contributed by atoms with van der Waals surface area (Å²) in [5.41, 5.74) is -0.00757. The zero-order chi connectivity index (χ0) is 14.0. The van der Waals surface area contributed by atoms with Gasteiger partial charge in [0.25, 0.3) is 5.69 Å². The fourth-order valence-electron chi connectivity index (χ4n) is 2.31. The summed E-state index contributed by atoms with van der Waals surface area (Å²) in [7, 11) is 2.00. The van der Waals surface area contributed by atoms with Crippen LogP contribution >= 0.6 is 11.6 Å². The Kier molecular flexibility index (Phi) is 4.21. The summed E-state index contributed by atoms with van der Waals surface area (Å²) in [6.07, 6.45) is 1.95. The first-order valence-corrected chi connectivity index (χ1v) is 6.43. The van der Waals surface area contributed by atoms with Crippen molar-refractivity contribution in [1.82, 2.24) is 4.90 Å². The first-order valence-electron chi connectivity index (χ1n) is 6.06. The van der Waals surface area contributed by atoms with Crippen LogP contribution < -0.4 is 5.32 Å². The van der Waals surface area contributed by atoms with E-state index in [1.165, 1.54) is 6.07 Å². The van der Waals surface area contributed by atoms with Crippen molar-refractivity contribution in [3.8, 4) is 0 Å². The minimum atomic E-state index is -0.778. The first-order chi connectivity index (χ1) is 8.97. The molecule has 1 aliphatic rings. The van der Waals surface area contributed by atoms with Crippen molar-refractivity contribution in [3.63, 3.8) is 0 Å². The summed E-state index contributed by atoms with van der Waals surface area (Å²) in [5.74, 6) is -0.778. The van der Waals surface area contributed by atoms with Crippen molar-refractivity contribution in [3.05, 3.63) is 33.1 Å². The molecule has 7 heteroatoms. The van der Waals surface area contributed by atoms with Crippen LogP contribution in [0.4, 0.5) is 15.8 Å². The van der Waals surface area contributed by atoms with Crippen LogP contribution in [0.1, 0.15) is 12.8 Å². The van der Waals surface area contributed by atoms with E-state index in [4.69, 9.17) is 11.6 Å². The molecule has 1 saturated heterocycles. The zero-order valence-corrected chi connectivity index (χ0v) is 11.3. The molecule has 2 rings (SSSR count). The largest absolute Gasteiger partial charge is 0.375 e. The second-order valence-corrected chi connectivity index (χ2v) is 5.19. The van der Waals surface area contributed by atoms with Crippen LogP contribution in [0, 0.1) is 15.9 Å². The minimum absolute atomic E-state index is 0.110. The summed E-state index contributed by atoms with van der Waals surface area (Å²) in [6, 6.07) is 2.25. The molecule has 1 aromatic rings. The number of nitrogens with zero attached hydrogens (tertiary/aromatic N) is 2. The van der Waals surface area contributed by atoms with Gasteiger partial charge in [-0.25, -0.2) is 4.39 Å². The van der Waals surface area contributed by atoms with Gasteiger partial charge < -0.3 is 10.2 Å². The van der Waals surface area contributed by atoms with Crippen LogP contribution in [0.2, 0.25) is 5.02 Å². The lowest BCUT2D eigenvalue weighted by atomic mass is 10.1. The van der Waals surface area contributed by atoms with Crippen molar-refractivity contribution >= 4 is 23.0 Å². The monoisotopic (exact) mass is 287 g/mol. The van der Waals surface area contributed by atoms with Crippen molar-refractivity contribution in [2.75, 3.05) is 25.5 Å². The van der Waals surface area contributed by atoms with Gasteiger partial charge in [0.05, 0.1) is 16.0 Å². The van der Waals surface area contributed by atoms with E-state index in [-0.39, 0.29) is 22.4 Å². The average molecular weight is 288 g/mol. The van der Waals surface area contributed by atoms with Gasteiger partial charge in [-0.1, -0.05) is 11.6 Å². The van der Waals surface area contributed by atoms with Gasteiger partial charge in [-0.2, -0.15) is 0 Å². The molecular weight excluding hydrogens is 273 g/mol. The Hall–Kier alpha value is -1.40. The molecule has 0 radical (unpaired) electrons. The first kappa shape index (κ1) is 14.0. The molecule has 0 aromatic heterocycles. The number of nitro groups is 1. The molecule has 1 fully saturated rings. The molecule has 0 amide bonds. The van der Waals surface area contributed by atoms with Crippen LogP contribution in [-0.4, -0.2) is 36.0 Å². The van der Waals surface area contributed by atoms with Gasteiger partial charge in [-0.15, -0.1) is 0 Å². The second-order valence-electron chi connectivity index (χ2n) is 4.79. The molecule has 104 valence electrons.